The van der Waals surface area contributed by atoms with Crippen molar-refractivity contribution >= 4 is 11.7 Å². The number of carbonyl (C=O) groups is 1. The lowest BCUT2D eigenvalue weighted by molar-refractivity contribution is 0.0693. The number of rotatable bonds is 6. The van der Waals surface area contributed by atoms with E-state index in [9.17, 15) is 4.79 Å². The van der Waals surface area contributed by atoms with Crippen LogP contribution in [0.5, 0.6) is 0 Å². The summed E-state index contributed by atoms with van der Waals surface area (Å²) in [6.07, 6.45) is 1.66. The summed E-state index contributed by atoms with van der Waals surface area (Å²) in [6, 6.07) is 23.9. The number of hydrogen-bond donors (Lipinski definition) is 2. The molecule has 6 heteroatoms. The molecule has 1 aliphatic rings. The van der Waals surface area contributed by atoms with Gasteiger partial charge in [-0.2, -0.15) is 0 Å². The zero-order valence-electron chi connectivity index (χ0n) is 16.1. The normalized spacial score (nSPS) is 14.5. The van der Waals surface area contributed by atoms with Crippen molar-refractivity contribution in [3.63, 3.8) is 0 Å². The van der Waals surface area contributed by atoms with Crippen LogP contribution in [0.25, 0.3) is 0 Å². The first-order valence-electron chi connectivity index (χ1n) is 9.88. The molecule has 3 aromatic rings. The van der Waals surface area contributed by atoms with Gasteiger partial charge in [-0.15, -0.1) is 10.2 Å². The Hall–Kier alpha value is -3.25. The number of anilines is 1. The summed E-state index contributed by atoms with van der Waals surface area (Å²) in [5.74, 6) is 0.420. The number of aromatic nitrogens is 2. The second kappa shape index (κ2) is 9.30. The Labute approximate surface area is 170 Å². The highest BCUT2D eigenvalue weighted by Gasteiger charge is 2.19. The van der Waals surface area contributed by atoms with Crippen molar-refractivity contribution in [2.24, 2.45) is 0 Å². The molecular weight excluding hydrogens is 364 g/mol. The highest BCUT2D eigenvalue weighted by atomic mass is 16.5. The molecule has 1 aliphatic heterocycles. The summed E-state index contributed by atoms with van der Waals surface area (Å²) in [7, 11) is 0. The SMILES string of the molecule is O=C(NC1CCOCC1)c1ccc(NC(c2ccccc2)c2ccccc2)nn1. The molecule has 1 fully saturated rings. The summed E-state index contributed by atoms with van der Waals surface area (Å²) in [4.78, 5) is 12.4. The molecule has 1 amide bonds. The van der Waals surface area contributed by atoms with E-state index >= 15 is 0 Å². The number of carbonyl (C=O) groups excluding carboxylic acids is 1. The maximum absolute atomic E-state index is 12.4. The number of nitrogens with zero attached hydrogens (tertiary/aromatic N) is 2. The van der Waals surface area contributed by atoms with E-state index in [1.54, 1.807) is 12.1 Å². The van der Waals surface area contributed by atoms with Gasteiger partial charge in [0, 0.05) is 19.3 Å². The molecule has 1 aromatic heterocycles. The minimum absolute atomic E-state index is 0.0615. The highest BCUT2D eigenvalue weighted by molar-refractivity contribution is 5.92. The highest BCUT2D eigenvalue weighted by Crippen LogP contribution is 2.25. The van der Waals surface area contributed by atoms with Gasteiger partial charge in [-0.05, 0) is 36.1 Å². The Morgan fingerprint density at radius 1 is 0.862 bits per heavy atom. The number of benzene rings is 2. The molecule has 2 aromatic carbocycles. The fraction of sp³-hybridized carbons (Fsp3) is 0.261. The molecule has 148 valence electrons. The smallest absolute Gasteiger partial charge is 0.272 e. The molecule has 4 rings (SSSR count). The zero-order valence-corrected chi connectivity index (χ0v) is 16.1. The third kappa shape index (κ3) is 4.97. The van der Waals surface area contributed by atoms with Crippen LogP contribution in [0.4, 0.5) is 5.82 Å². The van der Waals surface area contributed by atoms with Crippen LogP contribution in [0.15, 0.2) is 72.8 Å². The van der Waals surface area contributed by atoms with Crippen LogP contribution in [-0.4, -0.2) is 35.4 Å². The number of hydrogen-bond acceptors (Lipinski definition) is 5. The average molecular weight is 388 g/mol. The molecule has 0 spiro atoms. The first-order chi connectivity index (χ1) is 14.3. The predicted molar refractivity (Wildman–Crippen MR) is 112 cm³/mol. The van der Waals surface area contributed by atoms with Gasteiger partial charge in [0.05, 0.1) is 6.04 Å². The van der Waals surface area contributed by atoms with Crippen LogP contribution in [0.3, 0.4) is 0 Å². The van der Waals surface area contributed by atoms with Gasteiger partial charge < -0.3 is 15.4 Å². The van der Waals surface area contributed by atoms with Crippen LogP contribution in [0.1, 0.15) is 40.5 Å². The van der Waals surface area contributed by atoms with Crippen molar-refractivity contribution in [3.05, 3.63) is 89.6 Å². The monoisotopic (exact) mass is 388 g/mol. The Bertz CT molecular complexity index is 871. The third-order valence-electron chi connectivity index (χ3n) is 5.01. The van der Waals surface area contributed by atoms with Crippen LogP contribution in [0, 0.1) is 0 Å². The molecule has 6 nitrogen and oxygen atoms in total. The molecule has 1 saturated heterocycles. The summed E-state index contributed by atoms with van der Waals surface area (Å²) in [5.41, 5.74) is 2.57. The maximum Gasteiger partial charge on any atom is 0.272 e. The molecule has 2 N–H and O–H groups in total. The van der Waals surface area contributed by atoms with Gasteiger partial charge in [-0.25, -0.2) is 0 Å². The Morgan fingerprint density at radius 2 is 1.48 bits per heavy atom. The standard InChI is InChI=1S/C23H24N4O2/c28-23(24-19-13-15-29-16-14-19)20-11-12-21(27-26-20)25-22(17-7-3-1-4-8-17)18-9-5-2-6-10-18/h1-12,19,22H,13-16H2,(H,24,28)(H,25,27). The lowest BCUT2D eigenvalue weighted by Gasteiger charge is -2.23. The predicted octanol–water partition coefficient (Wildman–Crippen LogP) is 3.59. The second-order valence-electron chi connectivity index (χ2n) is 7.06. The van der Waals surface area contributed by atoms with Crippen molar-refractivity contribution in [1.82, 2.24) is 15.5 Å². The van der Waals surface area contributed by atoms with Gasteiger partial charge in [0.2, 0.25) is 0 Å². The minimum atomic E-state index is -0.196. The van der Waals surface area contributed by atoms with Crippen molar-refractivity contribution in [1.29, 1.82) is 0 Å². The van der Waals surface area contributed by atoms with Gasteiger partial charge in [-0.1, -0.05) is 60.7 Å². The summed E-state index contributed by atoms with van der Waals surface area (Å²) < 4.78 is 5.33. The van der Waals surface area contributed by atoms with E-state index in [1.165, 1.54) is 0 Å². The Kier molecular flexibility index (Phi) is 6.12. The van der Waals surface area contributed by atoms with Gasteiger partial charge in [0.25, 0.3) is 5.91 Å². The lowest BCUT2D eigenvalue weighted by atomic mass is 9.99. The molecule has 2 heterocycles. The van der Waals surface area contributed by atoms with Crippen LogP contribution >= 0.6 is 0 Å². The van der Waals surface area contributed by atoms with Crippen LogP contribution in [-0.2, 0) is 4.74 Å². The summed E-state index contributed by atoms with van der Waals surface area (Å²) in [5, 5.41) is 14.8. The van der Waals surface area contributed by atoms with Crippen molar-refractivity contribution in [3.8, 4) is 0 Å². The first-order valence-corrected chi connectivity index (χ1v) is 9.88. The van der Waals surface area contributed by atoms with Crippen LogP contribution < -0.4 is 10.6 Å². The van der Waals surface area contributed by atoms with E-state index in [2.05, 4.69) is 45.1 Å². The topological polar surface area (TPSA) is 76.1 Å². The molecule has 29 heavy (non-hydrogen) atoms. The minimum Gasteiger partial charge on any atom is -0.381 e. The van der Waals surface area contributed by atoms with E-state index in [0.717, 1.165) is 24.0 Å². The van der Waals surface area contributed by atoms with E-state index in [-0.39, 0.29) is 18.0 Å². The average Bonchev–Trinajstić information content (AvgIpc) is 2.80. The van der Waals surface area contributed by atoms with Crippen molar-refractivity contribution < 1.29 is 9.53 Å². The fourth-order valence-corrected chi connectivity index (χ4v) is 3.43. The number of amides is 1. The summed E-state index contributed by atoms with van der Waals surface area (Å²) in [6.45, 7) is 1.36. The Balaban J connectivity index is 1.48. The number of nitrogens with one attached hydrogen (secondary N) is 2. The zero-order chi connectivity index (χ0) is 19.9. The van der Waals surface area contributed by atoms with Crippen LogP contribution in [0.2, 0.25) is 0 Å². The van der Waals surface area contributed by atoms with E-state index in [1.807, 2.05) is 36.4 Å². The van der Waals surface area contributed by atoms with Crippen molar-refractivity contribution in [2.45, 2.75) is 24.9 Å². The van der Waals surface area contributed by atoms with Gasteiger partial charge in [0.1, 0.15) is 5.82 Å². The first kappa shape index (κ1) is 19.1. The fourth-order valence-electron chi connectivity index (χ4n) is 3.43. The summed E-state index contributed by atoms with van der Waals surface area (Å²) >= 11 is 0. The molecule has 0 atom stereocenters. The molecule has 0 radical (unpaired) electrons. The second-order valence-corrected chi connectivity index (χ2v) is 7.06. The van der Waals surface area contributed by atoms with Crippen molar-refractivity contribution in [2.75, 3.05) is 18.5 Å². The van der Waals surface area contributed by atoms with E-state index in [0.29, 0.717) is 24.7 Å². The number of ether oxygens (including phenoxy) is 1. The van der Waals surface area contributed by atoms with Gasteiger partial charge >= 0.3 is 0 Å². The van der Waals surface area contributed by atoms with E-state index in [4.69, 9.17) is 4.74 Å². The largest absolute Gasteiger partial charge is 0.381 e. The maximum atomic E-state index is 12.4. The molecular formula is C23H24N4O2. The van der Waals surface area contributed by atoms with Gasteiger partial charge in [0.15, 0.2) is 5.69 Å². The van der Waals surface area contributed by atoms with Gasteiger partial charge in [-0.3, -0.25) is 4.79 Å². The molecule has 0 saturated carbocycles. The lowest BCUT2D eigenvalue weighted by Crippen LogP contribution is -2.39. The third-order valence-corrected chi connectivity index (χ3v) is 5.01. The Morgan fingerprint density at radius 3 is 2.03 bits per heavy atom. The quantitative estimate of drug-likeness (QED) is 0.675. The molecule has 0 bridgehead atoms. The molecule has 0 unspecified atom stereocenters. The van der Waals surface area contributed by atoms with E-state index < -0.39 is 0 Å². The molecule has 0 aliphatic carbocycles.